The van der Waals surface area contributed by atoms with Crippen molar-refractivity contribution in [2.75, 3.05) is 31.1 Å². The maximum Gasteiger partial charge on any atom is 0.408 e. The van der Waals surface area contributed by atoms with Gasteiger partial charge in [0.2, 0.25) is 11.8 Å². The molecule has 5 heterocycles. The molecule has 204 valence electrons. The number of piperidine rings is 1. The maximum absolute atomic E-state index is 13.9. The molecule has 3 amide bonds. The number of H-pyrrole nitrogens is 1. The van der Waals surface area contributed by atoms with Gasteiger partial charge in [0.15, 0.2) is 0 Å². The molecule has 6 rings (SSSR count). The van der Waals surface area contributed by atoms with Crippen molar-refractivity contribution in [3.8, 4) is 0 Å². The molecule has 0 radical (unpaired) electrons. The van der Waals surface area contributed by atoms with Crippen molar-refractivity contribution in [3.63, 3.8) is 0 Å². The summed E-state index contributed by atoms with van der Waals surface area (Å²) in [6, 6.07) is 6.46. The van der Waals surface area contributed by atoms with E-state index < -0.39 is 36.0 Å². The Bertz CT molecular complexity index is 1480. The Labute approximate surface area is 225 Å². The molecule has 9 nitrogen and oxygen atoms in total. The number of aromatic nitrogens is 3. The van der Waals surface area contributed by atoms with Crippen LogP contribution in [0.5, 0.6) is 0 Å². The highest BCUT2D eigenvalue weighted by Crippen LogP contribution is 2.47. The SMILES string of the molecule is O=C(c1ccc2[nH]ncc2c1)N1CCC2(CC1)C(=O)N(CC(=O)N1CCC[C@H]1C(F)(F)F)c1ccc(Cl)nc12. The lowest BCUT2D eigenvalue weighted by molar-refractivity contribution is -0.182. The second-order valence-electron chi connectivity index (χ2n) is 10.2. The zero-order chi connectivity index (χ0) is 27.5. The number of nitrogens with zero attached hydrogens (tertiary/aromatic N) is 5. The maximum atomic E-state index is 13.9. The van der Waals surface area contributed by atoms with E-state index >= 15 is 0 Å². The number of hydrogen-bond acceptors (Lipinski definition) is 5. The number of aromatic amines is 1. The Morgan fingerprint density at radius 2 is 1.90 bits per heavy atom. The smallest absolute Gasteiger partial charge is 0.339 e. The number of fused-ring (bicyclic) bond motifs is 3. The zero-order valence-corrected chi connectivity index (χ0v) is 21.4. The quantitative estimate of drug-likeness (QED) is 0.492. The first kappa shape index (κ1) is 25.6. The molecule has 0 aliphatic carbocycles. The van der Waals surface area contributed by atoms with E-state index in [1.807, 2.05) is 0 Å². The molecule has 0 saturated carbocycles. The molecule has 39 heavy (non-hydrogen) atoms. The van der Waals surface area contributed by atoms with E-state index in [0.717, 1.165) is 15.8 Å². The summed E-state index contributed by atoms with van der Waals surface area (Å²) in [6.45, 7) is -0.0161. The van der Waals surface area contributed by atoms with Gasteiger partial charge < -0.3 is 14.7 Å². The Kier molecular flexibility index (Phi) is 6.05. The highest BCUT2D eigenvalue weighted by atomic mass is 35.5. The summed E-state index contributed by atoms with van der Waals surface area (Å²) in [5.41, 5.74) is 0.945. The summed E-state index contributed by atoms with van der Waals surface area (Å²) in [5.74, 6) is -1.35. The molecule has 1 N–H and O–H groups in total. The van der Waals surface area contributed by atoms with Crippen LogP contribution in [0.25, 0.3) is 10.9 Å². The van der Waals surface area contributed by atoms with Gasteiger partial charge in [-0.05, 0) is 56.0 Å². The first-order valence-electron chi connectivity index (χ1n) is 12.7. The summed E-state index contributed by atoms with van der Waals surface area (Å²) in [4.78, 5) is 48.3. The highest BCUT2D eigenvalue weighted by molar-refractivity contribution is 6.29. The van der Waals surface area contributed by atoms with Crippen molar-refractivity contribution in [3.05, 3.63) is 52.9 Å². The molecule has 3 aromatic rings. The standard InChI is InChI=1S/C26H24ClF3N6O3/c27-20-6-5-18-22(32-20)25(24(39)36(18)14-21(37)35-9-1-2-19(35)26(28,29)30)7-10-34(11-8-25)23(38)15-3-4-17-16(12-15)13-31-33-17/h3-6,12-13,19H,1-2,7-11,14H2,(H,31,33)/t19-/m0/s1. The molecule has 1 aromatic carbocycles. The number of anilines is 1. The van der Waals surface area contributed by atoms with Crippen LogP contribution in [0.15, 0.2) is 36.5 Å². The first-order valence-corrected chi connectivity index (χ1v) is 13.0. The van der Waals surface area contributed by atoms with Crippen molar-refractivity contribution in [2.24, 2.45) is 0 Å². The third kappa shape index (κ3) is 4.21. The monoisotopic (exact) mass is 560 g/mol. The van der Waals surface area contributed by atoms with Crippen LogP contribution in [0.3, 0.4) is 0 Å². The summed E-state index contributed by atoms with van der Waals surface area (Å²) in [7, 11) is 0. The number of nitrogens with one attached hydrogen (secondary N) is 1. The van der Waals surface area contributed by atoms with Crippen LogP contribution >= 0.6 is 11.6 Å². The van der Waals surface area contributed by atoms with Crippen LogP contribution in [0.1, 0.15) is 41.7 Å². The van der Waals surface area contributed by atoms with Crippen molar-refractivity contribution in [1.82, 2.24) is 25.0 Å². The second kappa shape index (κ2) is 9.22. The normalized spacial score (nSPS) is 20.8. The molecule has 0 bridgehead atoms. The predicted octanol–water partition coefficient (Wildman–Crippen LogP) is 3.69. The fourth-order valence-electron chi connectivity index (χ4n) is 6.06. The number of hydrogen-bond donors (Lipinski definition) is 1. The highest BCUT2D eigenvalue weighted by Gasteiger charge is 2.55. The minimum atomic E-state index is -4.53. The van der Waals surface area contributed by atoms with Crippen LogP contribution < -0.4 is 4.90 Å². The van der Waals surface area contributed by atoms with E-state index in [4.69, 9.17) is 11.6 Å². The number of pyridine rings is 1. The van der Waals surface area contributed by atoms with E-state index in [9.17, 15) is 27.6 Å². The van der Waals surface area contributed by atoms with Gasteiger partial charge in [0.1, 0.15) is 17.7 Å². The van der Waals surface area contributed by atoms with E-state index in [2.05, 4.69) is 15.2 Å². The number of amides is 3. The van der Waals surface area contributed by atoms with Gasteiger partial charge in [-0.3, -0.25) is 19.5 Å². The lowest BCUT2D eigenvalue weighted by Crippen LogP contribution is -2.53. The van der Waals surface area contributed by atoms with Gasteiger partial charge in [0, 0.05) is 30.6 Å². The van der Waals surface area contributed by atoms with Gasteiger partial charge in [-0.1, -0.05) is 11.6 Å². The Morgan fingerprint density at radius 1 is 1.13 bits per heavy atom. The summed E-state index contributed by atoms with van der Waals surface area (Å²) < 4.78 is 40.4. The van der Waals surface area contributed by atoms with Gasteiger partial charge in [0.25, 0.3) is 5.91 Å². The summed E-state index contributed by atoms with van der Waals surface area (Å²) in [5, 5.41) is 7.79. The van der Waals surface area contributed by atoms with E-state index in [0.29, 0.717) is 16.9 Å². The van der Waals surface area contributed by atoms with Crippen molar-refractivity contribution < 1.29 is 27.6 Å². The van der Waals surface area contributed by atoms with Crippen molar-refractivity contribution >= 4 is 45.9 Å². The molecule has 1 atom stereocenters. The average Bonchev–Trinajstić information content (AvgIpc) is 3.64. The van der Waals surface area contributed by atoms with Crippen molar-refractivity contribution in [2.45, 2.75) is 43.3 Å². The molecule has 13 heteroatoms. The summed E-state index contributed by atoms with van der Waals surface area (Å²) in [6.07, 6.45) is -2.32. The minimum absolute atomic E-state index is 0.0103. The van der Waals surface area contributed by atoms with Gasteiger partial charge in [0.05, 0.1) is 28.5 Å². The molecule has 3 aliphatic heterocycles. The molecule has 2 saturated heterocycles. The fraction of sp³-hybridized carbons (Fsp3) is 0.423. The summed E-state index contributed by atoms with van der Waals surface area (Å²) >= 11 is 6.18. The number of carbonyl (C=O) groups is 3. The third-order valence-electron chi connectivity index (χ3n) is 8.07. The van der Waals surface area contributed by atoms with Crippen LogP contribution in [0.2, 0.25) is 5.15 Å². The lowest BCUT2D eigenvalue weighted by Gasteiger charge is -2.38. The number of alkyl halides is 3. The molecule has 0 unspecified atom stereocenters. The van der Waals surface area contributed by atoms with Crippen LogP contribution in [0, 0.1) is 0 Å². The van der Waals surface area contributed by atoms with Crippen LogP contribution in [-0.4, -0.2) is 81.1 Å². The van der Waals surface area contributed by atoms with Gasteiger partial charge in [-0.25, -0.2) is 4.98 Å². The van der Waals surface area contributed by atoms with Gasteiger partial charge in [-0.15, -0.1) is 0 Å². The molecule has 3 aliphatic rings. The van der Waals surface area contributed by atoms with Gasteiger partial charge >= 0.3 is 6.18 Å². The Morgan fingerprint density at radius 3 is 2.64 bits per heavy atom. The number of carbonyl (C=O) groups excluding carboxylic acids is 3. The zero-order valence-electron chi connectivity index (χ0n) is 20.7. The average molecular weight is 561 g/mol. The largest absolute Gasteiger partial charge is 0.408 e. The minimum Gasteiger partial charge on any atom is -0.339 e. The number of benzene rings is 1. The Hall–Kier alpha value is -3.67. The fourth-order valence-corrected chi connectivity index (χ4v) is 6.20. The molecule has 2 aromatic heterocycles. The second-order valence-corrected chi connectivity index (χ2v) is 10.6. The van der Waals surface area contributed by atoms with E-state index in [1.165, 1.54) is 11.0 Å². The predicted molar refractivity (Wildman–Crippen MR) is 135 cm³/mol. The van der Waals surface area contributed by atoms with E-state index in [1.54, 1.807) is 35.4 Å². The topological polar surface area (TPSA) is 102 Å². The molecule has 1 spiro atoms. The molecular formula is C26H24ClF3N6O3. The van der Waals surface area contributed by atoms with Crippen molar-refractivity contribution in [1.29, 1.82) is 0 Å². The molecular weight excluding hydrogens is 537 g/mol. The number of halogens is 4. The third-order valence-corrected chi connectivity index (χ3v) is 8.28. The number of rotatable bonds is 3. The lowest BCUT2D eigenvalue weighted by atomic mass is 9.76. The Balaban J connectivity index is 1.23. The van der Waals surface area contributed by atoms with Crippen LogP contribution in [0.4, 0.5) is 18.9 Å². The van der Waals surface area contributed by atoms with Gasteiger partial charge in [-0.2, -0.15) is 18.3 Å². The molecule has 2 fully saturated rings. The first-order chi connectivity index (χ1) is 18.6. The number of likely N-dealkylation sites (tertiary alicyclic amines) is 2. The van der Waals surface area contributed by atoms with Crippen LogP contribution in [-0.2, 0) is 15.0 Å². The van der Waals surface area contributed by atoms with E-state index in [-0.39, 0.29) is 56.4 Å².